The standard InChI is InChI=1S/C18H23N.C7H8/c1-6-11-15(3)18(16(4)12-7-2)19(5)17-13-9-8-10-14-17;1-7-5-3-2-4-6-7/h6-14H,1H2,2-5H3;2-6H,1H3/b12-7-,15-11+,18-16-;. The predicted molar refractivity (Wildman–Crippen MR) is 117 cm³/mol. The number of aryl methyl sites for hydroxylation is 1. The number of rotatable bonds is 5. The van der Waals surface area contributed by atoms with Crippen molar-refractivity contribution < 1.29 is 0 Å². The quantitative estimate of drug-likeness (QED) is 0.522. The van der Waals surface area contributed by atoms with E-state index in [2.05, 4.69) is 87.8 Å². The highest BCUT2D eigenvalue weighted by Crippen LogP contribution is 2.25. The third kappa shape index (κ3) is 6.98. The van der Waals surface area contributed by atoms with Crippen LogP contribution in [0.1, 0.15) is 26.3 Å². The molecule has 0 aliphatic rings. The highest BCUT2D eigenvalue weighted by atomic mass is 15.1. The van der Waals surface area contributed by atoms with Gasteiger partial charge in [-0.3, -0.25) is 0 Å². The van der Waals surface area contributed by atoms with Gasteiger partial charge < -0.3 is 4.90 Å². The van der Waals surface area contributed by atoms with Crippen molar-refractivity contribution in [1.82, 2.24) is 0 Å². The largest absolute Gasteiger partial charge is 0.344 e. The Morgan fingerprint density at radius 3 is 1.88 bits per heavy atom. The van der Waals surface area contributed by atoms with Crippen LogP contribution in [-0.4, -0.2) is 7.05 Å². The molecule has 0 bridgehead atoms. The molecule has 0 aliphatic heterocycles. The first-order valence-corrected chi connectivity index (χ1v) is 8.95. The Labute approximate surface area is 159 Å². The summed E-state index contributed by atoms with van der Waals surface area (Å²) in [5, 5.41) is 0. The zero-order valence-electron chi connectivity index (χ0n) is 16.7. The molecule has 0 aliphatic carbocycles. The molecule has 0 saturated carbocycles. The molecule has 0 N–H and O–H groups in total. The number of allylic oxidation sites excluding steroid dienone is 6. The SMILES string of the molecule is C=C/C=C(C)/C(=C(C)/C=C\C)N(C)c1ccccc1.Cc1ccccc1. The molecule has 26 heavy (non-hydrogen) atoms. The molecule has 136 valence electrons. The minimum Gasteiger partial charge on any atom is -0.344 e. The summed E-state index contributed by atoms with van der Waals surface area (Å²) in [7, 11) is 2.10. The van der Waals surface area contributed by atoms with Gasteiger partial charge in [0.2, 0.25) is 0 Å². The van der Waals surface area contributed by atoms with E-state index >= 15 is 0 Å². The lowest BCUT2D eigenvalue weighted by Crippen LogP contribution is -2.18. The highest BCUT2D eigenvalue weighted by molar-refractivity contribution is 5.58. The van der Waals surface area contributed by atoms with Gasteiger partial charge in [-0.15, -0.1) is 0 Å². The van der Waals surface area contributed by atoms with E-state index < -0.39 is 0 Å². The minimum atomic E-state index is 1.18. The summed E-state index contributed by atoms with van der Waals surface area (Å²) in [6.45, 7) is 12.2. The van der Waals surface area contributed by atoms with Gasteiger partial charge in [0.1, 0.15) is 0 Å². The molecule has 0 unspecified atom stereocenters. The van der Waals surface area contributed by atoms with E-state index in [4.69, 9.17) is 0 Å². The van der Waals surface area contributed by atoms with Gasteiger partial charge in [0, 0.05) is 18.4 Å². The van der Waals surface area contributed by atoms with E-state index in [1.807, 2.05) is 43.3 Å². The van der Waals surface area contributed by atoms with E-state index in [1.165, 1.54) is 28.1 Å². The second kappa shape index (κ2) is 11.7. The number of nitrogens with zero attached hydrogens (tertiary/aromatic N) is 1. The van der Waals surface area contributed by atoms with Gasteiger partial charge >= 0.3 is 0 Å². The molecule has 0 aromatic heterocycles. The van der Waals surface area contributed by atoms with E-state index in [9.17, 15) is 0 Å². The van der Waals surface area contributed by atoms with Crippen molar-refractivity contribution in [2.75, 3.05) is 11.9 Å². The molecule has 2 rings (SSSR count). The molecule has 0 radical (unpaired) electrons. The first-order chi connectivity index (χ1) is 12.5. The summed E-state index contributed by atoms with van der Waals surface area (Å²) in [6, 6.07) is 20.6. The average Bonchev–Trinajstić information content (AvgIpc) is 2.64. The lowest BCUT2D eigenvalue weighted by atomic mass is 10.1. The molecular formula is C25H31N. The fourth-order valence-electron chi connectivity index (χ4n) is 2.74. The Bertz CT molecular complexity index is 749. The second-order valence-electron chi connectivity index (χ2n) is 6.17. The first kappa shape index (κ1) is 21.2. The van der Waals surface area contributed by atoms with Crippen LogP contribution < -0.4 is 4.90 Å². The number of hydrogen-bond acceptors (Lipinski definition) is 1. The Hall–Kier alpha value is -2.80. The molecule has 0 spiro atoms. The lowest BCUT2D eigenvalue weighted by molar-refractivity contribution is 1.07. The maximum Gasteiger partial charge on any atom is 0.0467 e. The van der Waals surface area contributed by atoms with Crippen LogP contribution in [0.2, 0.25) is 0 Å². The van der Waals surface area contributed by atoms with Gasteiger partial charge in [-0.25, -0.2) is 0 Å². The van der Waals surface area contributed by atoms with Gasteiger partial charge in [0.25, 0.3) is 0 Å². The van der Waals surface area contributed by atoms with Gasteiger partial charge in [-0.1, -0.05) is 85.0 Å². The van der Waals surface area contributed by atoms with Crippen LogP contribution >= 0.6 is 0 Å². The third-order valence-corrected chi connectivity index (χ3v) is 3.95. The van der Waals surface area contributed by atoms with Crippen molar-refractivity contribution >= 4 is 5.69 Å². The Morgan fingerprint density at radius 1 is 0.923 bits per heavy atom. The molecule has 1 heteroatoms. The zero-order valence-corrected chi connectivity index (χ0v) is 16.7. The first-order valence-electron chi connectivity index (χ1n) is 8.95. The molecule has 2 aromatic rings. The Balaban J connectivity index is 0.000000401. The van der Waals surface area contributed by atoms with Gasteiger partial charge in [0.15, 0.2) is 0 Å². The molecular weight excluding hydrogens is 314 g/mol. The molecule has 0 atom stereocenters. The Morgan fingerprint density at radius 2 is 1.46 bits per heavy atom. The molecule has 0 saturated heterocycles. The van der Waals surface area contributed by atoms with Crippen molar-refractivity contribution in [2.45, 2.75) is 27.7 Å². The van der Waals surface area contributed by atoms with Crippen LogP contribution in [-0.2, 0) is 0 Å². The monoisotopic (exact) mass is 345 g/mol. The molecule has 2 aromatic carbocycles. The van der Waals surface area contributed by atoms with Crippen LogP contribution in [0.15, 0.2) is 108 Å². The topological polar surface area (TPSA) is 3.24 Å². The number of hydrogen-bond donors (Lipinski definition) is 0. The summed E-state index contributed by atoms with van der Waals surface area (Å²) in [5.41, 5.74) is 6.16. The number of likely N-dealkylation sites (N-methyl/N-ethyl adjacent to an activating group) is 1. The van der Waals surface area contributed by atoms with E-state index in [0.717, 1.165) is 0 Å². The van der Waals surface area contributed by atoms with Gasteiger partial charge in [0.05, 0.1) is 0 Å². The lowest BCUT2D eigenvalue weighted by Gasteiger charge is -2.25. The van der Waals surface area contributed by atoms with Crippen molar-refractivity contribution in [3.05, 3.63) is 114 Å². The van der Waals surface area contributed by atoms with Crippen molar-refractivity contribution in [3.63, 3.8) is 0 Å². The zero-order chi connectivity index (χ0) is 19.4. The predicted octanol–water partition coefficient (Wildman–Crippen LogP) is 7.10. The third-order valence-electron chi connectivity index (χ3n) is 3.95. The molecule has 0 amide bonds. The van der Waals surface area contributed by atoms with Crippen LogP contribution in [0, 0.1) is 6.92 Å². The van der Waals surface area contributed by atoms with E-state index in [-0.39, 0.29) is 0 Å². The van der Waals surface area contributed by atoms with Crippen molar-refractivity contribution in [2.24, 2.45) is 0 Å². The summed E-state index contributed by atoms with van der Waals surface area (Å²) >= 11 is 0. The van der Waals surface area contributed by atoms with E-state index in [0.29, 0.717) is 0 Å². The maximum atomic E-state index is 3.78. The number of anilines is 1. The maximum absolute atomic E-state index is 3.78. The smallest absolute Gasteiger partial charge is 0.0467 e. The fourth-order valence-corrected chi connectivity index (χ4v) is 2.74. The molecule has 0 fully saturated rings. The Kier molecular flexibility index (Phi) is 9.56. The van der Waals surface area contributed by atoms with Crippen LogP contribution in [0.4, 0.5) is 5.69 Å². The average molecular weight is 346 g/mol. The van der Waals surface area contributed by atoms with Crippen LogP contribution in [0.3, 0.4) is 0 Å². The summed E-state index contributed by atoms with van der Waals surface area (Å²) in [6.07, 6.45) is 8.07. The van der Waals surface area contributed by atoms with Crippen molar-refractivity contribution in [3.8, 4) is 0 Å². The summed E-state index contributed by atoms with van der Waals surface area (Å²) in [5.74, 6) is 0. The molecule has 1 nitrogen and oxygen atoms in total. The minimum absolute atomic E-state index is 1.18. The summed E-state index contributed by atoms with van der Waals surface area (Å²) in [4.78, 5) is 2.21. The normalized spacial score (nSPS) is 12.1. The van der Waals surface area contributed by atoms with Crippen LogP contribution in [0.25, 0.3) is 0 Å². The highest BCUT2D eigenvalue weighted by Gasteiger charge is 2.10. The molecule has 0 heterocycles. The fraction of sp³-hybridized carbons (Fsp3) is 0.200. The number of benzene rings is 2. The summed E-state index contributed by atoms with van der Waals surface area (Å²) < 4.78 is 0. The second-order valence-corrected chi connectivity index (χ2v) is 6.17. The number of para-hydroxylation sites is 1. The van der Waals surface area contributed by atoms with E-state index in [1.54, 1.807) is 0 Å². The van der Waals surface area contributed by atoms with Crippen LogP contribution in [0.5, 0.6) is 0 Å². The van der Waals surface area contributed by atoms with Gasteiger partial charge in [-0.05, 0) is 51.0 Å². The van der Waals surface area contributed by atoms with Gasteiger partial charge in [-0.2, -0.15) is 0 Å². The van der Waals surface area contributed by atoms with Crippen molar-refractivity contribution in [1.29, 1.82) is 0 Å².